The fraction of sp³-hybridized carbons (Fsp3) is 0.280. The summed E-state index contributed by atoms with van der Waals surface area (Å²) in [4.78, 5) is 19.5. The molecule has 0 radical (unpaired) electrons. The van der Waals surface area contributed by atoms with E-state index < -0.39 is 0 Å². The van der Waals surface area contributed by atoms with E-state index in [1.165, 1.54) is 31.4 Å². The van der Waals surface area contributed by atoms with Crippen LogP contribution in [0.1, 0.15) is 41.2 Å². The Labute approximate surface area is 176 Å². The number of amides is 1. The molecule has 1 amide bonds. The molecule has 1 atom stereocenters. The van der Waals surface area contributed by atoms with E-state index in [9.17, 15) is 9.18 Å². The average Bonchev–Trinajstić information content (AvgIpc) is 2.81. The maximum absolute atomic E-state index is 13.5. The van der Waals surface area contributed by atoms with Gasteiger partial charge in [0, 0.05) is 24.5 Å². The van der Waals surface area contributed by atoms with Gasteiger partial charge in [-0.15, -0.1) is 0 Å². The smallest absolute Gasteiger partial charge is 0.251 e. The number of hydrogen-bond acceptors (Lipinski definition) is 3. The first-order valence-corrected chi connectivity index (χ1v) is 10.5. The van der Waals surface area contributed by atoms with Crippen molar-refractivity contribution >= 4 is 5.91 Å². The molecule has 1 aliphatic heterocycles. The second-order valence-electron chi connectivity index (χ2n) is 7.70. The topological polar surface area (TPSA) is 45.2 Å². The standard InChI is InChI=1S/C25H26FN3O/c26-23-8-4-6-21(16-23)19-9-11-20(12-10-19)25(30)28-18-24(22-7-5-13-27-17-22)29-14-2-1-3-15-29/h4-13,16-17,24H,1-3,14-15,18H2,(H,28,30). The highest BCUT2D eigenvalue weighted by atomic mass is 19.1. The van der Waals surface area contributed by atoms with E-state index in [0.717, 1.165) is 29.8 Å². The number of benzene rings is 2. The van der Waals surface area contributed by atoms with Crippen molar-refractivity contribution < 1.29 is 9.18 Å². The normalized spacial score (nSPS) is 15.5. The first kappa shape index (κ1) is 20.2. The molecular formula is C25H26FN3O. The van der Waals surface area contributed by atoms with Gasteiger partial charge in [-0.1, -0.05) is 36.8 Å². The molecule has 2 heterocycles. The molecule has 4 rings (SSSR count). The van der Waals surface area contributed by atoms with Gasteiger partial charge in [-0.3, -0.25) is 14.7 Å². The molecule has 4 nitrogen and oxygen atoms in total. The van der Waals surface area contributed by atoms with Crippen LogP contribution in [0.15, 0.2) is 73.1 Å². The maximum atomic E-state index is 13.5. The third-order valence-electron chi connectivity index (χ3n) is 5.66. The molecule has 1 unspecified atom stereocenters. The van der Waals surface area contributed by atoms with Crippen LogP contribution in [0.25, 0.3) is 11.1 Å². The zero-order valence-corrected chi connectivity index (χ0v) is 16.9. The van der Waals surface area contributed by atoms with Crippen molar-refractivity contribution in [1.82, 2.24) is 15.2 Å². The van der Waals surface area contributed by atoms with E-state index in [1.54, 1.807) is 24.4 Å². The summed E-state index contributed by atoms with van der Waals surface area (Å²) in [6.07, 6.45) is 7.30. The number of piperidine rings is 1. The molecule has 30 heavy (non-hydrogen) atoms. The van der Waals surface area contributed by atoms with E-state index in [2.05, 4.69) is 21.3 Å². The Morgan fingerprint density at radius 3 is 2.50 bits per heavy atom. The second-order valence-corrected chi connectivity index (χ2v) is 7.70. The summed E-state index contributed by atoms with van der Waals surface area (Å²) < 4.78 is 13.5. The number of halogens is 1. The zero-order valence-electron chi connectivity index (χ0n) is 16.9. The number of rotatable bonds is 6. The first-order chi connectivity index (χ1) is 14.7. The third kappa shape index (κ3) is 4.92. The lowest BCUT2D eigenvalue weighted by Crippen LogP contribution is -2.40. The predicted octanol–water partition coefficient (Wildman–Crippen LogP) is 4.84. The lowest BCUT2D eigenvalue weighted by molar-refractivity contribution is 0.0924. The number of carbonyl (C=O) groups is 1. The fourth-order valence-corrected chi connectivity index (χ4v) is 4.03. The van der Waals surface area contributed by atoms with Crippen molar-refractivity contribution in [1.29, 1.82) is 0 Å². The van der Waals surface area contributed by atoms with Gasteiger partial charge in [-0.2, -0.15) is 0 Å². The minimum Gasteiger partial charge on any atom is -0.350 e. The van der Waals surface area contributed by atoms with Crippen LogP contribution in [-0.2, 0) is 0 Å². The van der Waals surface area contributed by atoms with E-state index in [-0.39, 0.29) is 17.8 Å². The van der Waals surface area contributed by atoms with Gasteiger partial charge in [0.2, 0.25) is 0 Å². The van der Waals surface area contributed by atoms with Crippen molar-refractivity contribution in [3.05, 3.63) is 90.0 Å². The Bertz CT molecular complexity index is 969. The van der Waals surface area contributed by atoms with Crippen LogP contribution >= 0.6 is 0 Å². The van der Waals surface area contributed by atoms with Gasteiger partial charge in [0.15, 0.2) is 0 Å². The van der Waals surface area contributed by atoms with Crippen LogP contribution in [-0.4, -0.2) is 35.4 Å². The van der Waals surface area contributed by atoms with Crippen molar-refractivity contribution in [3.8, 4) is 11.1 Å². The molecule has 2 aromatic carbocycles. The molecule has 0 spiro atoms. The third-order valence-corrected chi connectivity index (χ3v) is 5.66. The highest BCUT2D eigenvalue weighted by Crippen LogP contribution is 2.24. The number of hydrogen-bond donors (Lipinski definition) is 1. The summed E-state index contributed by atoms with van der Waals surface area (Å²) in [5.41, 5.74) is 3.40. The van der Waals surface area contributed by atoms with Crippen molar-refractivity contribution in [2.24, 2.45) is 0 Å². The molecule has 1 N–H and O–H groups in total. The van der Waals surface area contributed by atoms with Gasteiger partial charge in [0.1, 0.15) is 5.82 Å². The number of pyridine rings is 1. The molecule has 1 fully saturated rings. The quantitative estimate of drug-likeness (QED) is 0.640. The SMILES string of the molecule is O=C(NCC(c1cccnc1)N1CCCCC1)c1ccc(-c2cccc(F)c2)cc1. The Balaban J connectivity index is 1.44. The molecule has 3 aromatic rings. The fourth-order valence-electron chi connectivity index (χ4n) is 4.03. The van der Waals surface area contributed by atoms with E-state index in [0.29, 0.717) is 12.1 Å². The van der Waals surface area contributed by atoms with Crippen LogP contribution in [0.3, 0.4) is 0 Å². The lowest BCUT2D eigenvalue weighted by atomic mass is 10.0. The summed E-state index contributed by atoms with van der Waals surface area (Å²) in [5.74, 6) is -0.375. The molecule has 0 aliphatic carbocycles. The van der Waals surface area contributed by atoms with Gasteiger partial charge < -0.3 is 5.32 Å². The zero-order chi connectivity index (χ0) is 20.8. The number of aromatic nitrogens is 1. The first-order valence-electron chi connectivity index (χ1n) is 10.5. The molecular weight excluding hydrogens is 377 g/mol. The molecule has 1 aliphatic rings. The summed E-state index contributed by atoms with van der Waals surface area (Å²) in [6.45, 7) is 2.62. The molecule has 1 saturated heterocycles. The van der Waals surface area contributed by atoms with E-state index in [4.69, 9.17) is 0 Å². The summed E-state index contributed by atoms with van der Waals surface area (Å²) >= 11 is 0. The van der Waals surface area contributed by atoms with Crippen molar-refractivity contribution in [2.75, 3.05) is 19.6 Å². The number of nitrogens with one attached hydrogen (secondary N) is 1. The minimum absolute atomic E-state index is 0.105. The van der Waals surface area contributed by atoms with Gasteiger partial charge in [0.25, 0.3) is 5.91 Å². The maximum Gasteiger partial charge on any atom is 0.251 e. The molecule has 1 aromatic heterocycles. The lowest BCUT2D eigenvalue weighted by Gasteiger charge is -2.34. The van der Waals surface area contributed by atoms with Gasteiger partial charge in [0.05, 0.1) is 6.04 Å². The van der Waals surface area contributed by atoms with Crippen LogP contribution in [0, 0.1) is 5.82 Å². The van der Waals surface area contributed by atoms with Crippen molar-refractivity contribution in [2.45, 2.75) is 25.3 Å². The molecule has 0 saturated carbocycles. The summed E-state index contributed by atoms with van der Waals surface area (Å²) in [7, 11) is 0. The van der Waals surface area contributed by atoms with Gasteiger partial charge in [-0.25, -0.2) is 4.39 Å². The average molecular weight is 404 g/mol. The Kier molecular flexibility index (Phi) is 6.50. The van der Waals surface area contributed by atoms with Gasteiger partial charge >= 0.3 is 0 Å². The Morgan fingerprint density at radius 2 is 1.80 bits per heavy atom. The van der Waals surface area contributed by atoms with Gasteiger partial charge in [-0.05, 0) is 73.0 Å². The Morgan fingerprint density at radius 1 is 1.00 bits per heavy atom. The largest absolute Gasteiger partial charge is 0.350 e. The van der Waals surface area contributed by atoms with E-state index >= 15 is 0 Å². The Hall–Kier alpha value is -3.05. The predicted molar refractivity (Wildman–Crippen MR) is 117 cm³/mol. The number of nitrogens with zero attached hydrogens (tertiary/aromatic N) is 2. The van der Waals surface area contributed by atoms with Crippen LogP contribution < -0.4 is 5.32 Å². The molecule has 0 bridgehead atoms. The highest BCUT2D eigenvalue weighted by molar-refractivity contribution is 5.94. The van der Waals surface area contributed by atoms with E-state index in [1.807, 2.05) is 30.5 Å². The van der Waals surface area contributed by atoms with Crippen LogP contribution in [0.2, 0.25) is 0 Å². The minimum atomic E-state index is -0.270. The summed E-state index contributed by atoms with van der Waals surface area (Å²) in [5, 5.41) is 3.09. The monoisotopic (exact) mass is 403 g/mol. The summed E-state index contributed by atoms with van der Waals surface area (Å²) in [6, 6.07) is 17.9. The second kappa shape index (κ2) is 9.63. The number of carbonyl (C=O) groups excluding carboxylic acids is 1. The van der Waals surface area contributed by atoms with Crippen LogP contribution in [0.5, 0.6) is 0 Å². The highest BCUT2D eigenvalue weighted by Gasteiger charge is 2.23. The van der Waals surface area contributed by atoms with Crippen molar-refractivity contribution in [3.63, 3.8) is 0 Å². The van der Waals surface area contributed by atoms with Crippen LogP contribution in [0.4, 0.5) is 4.39 Å². The molecule has 5 heteroatoms. The number of likely N-dealkylation sites (tertiary alicyclic amines) is 1. The molecule has 154 valence electrons.